The smallest absolute Gasteiger partial charge is 0.240 e. The van der Waals surface area contributed by atoms with Crippen LogP contribution in [0.25, 0.3) is 0 Å². The fourth-order valence-corrected chi connectivity index (χ4v) is 2.90. The van der Waals surface area contributed by atoms with Gasteiger partial charge >= 0.3 is 0 Å². The first kappa shape index (κ1) is 17.7. The molecule has 1 aromatic heterocycles. The van der Waals surface area contributed by atoms with E-state index in [1.165, 1.54) is 11.3 Å². The molecule has 0 unspecified atom stereocenters. The summed E-state index contributed by atoms with van der Waals surface area (Å²) in [6.07, 6.45) is 0. The number of amides is 1. The van der Waals surface area contributed by atoms with Gasteiger partial charge in [0.1, 0.15) is 12.4 Å². The van der Waals surface area contributed by atoms with Gasteiger partial charge in [-0.3, -0.25) is 9.69 Å². The summed E-state index contributed by atoms with van der Waals surface area (Å²) in [6.45, 7) is 5.28. The van der Waals surface area contributed by atoms with Crippen molar-refractivity contribution in [3.8, 4) is 5.75 Å². The summed E-state index contributed by atoms with van der Waals surface area (Å²) in [5.41, 5.74) is 0.951. The third kappa shape index (κ3) is 5.49. The predicted molar refractivity (Wildman–Crippen MR) is 94.7 cm³/mol. The predicted octanol–water partition coefficient (Wildman–Crippen LogP) is 3.36. The topological polar surface area (TPSA) is 54.5 Å². The minimum Gasteiger partial charge on any atom is -0.491 e. The van der Waals surface area contributed by atoms with Crippen molar-refractivity contribution in [2.45, 2.75) is 13.8 Å². The zero-order chi connectivity index (χ0) is 16.8. The van der Waals surface area contributed by atoms with Gasteiger partial charge in [-0.2, -0.15) is 0 Å². The van der Waals surface area contributed by atoms with Gasteiger partial charge in [0.25, 0.3) is 0 Å². The van der Waals surface area contributed by atoms with E-state index in [-0.39, 0.29) is 12.5 Å². The molecule has 0 spiro atoms. The van der Waals surface area contributed by atoms with Crippen LogP contribution in [0.4, 0.5) is 5.13 Å². The lowest BCUT2D eigenvalue weighted by atomic mass is 10.3. The molecule has 124 valence electrons. The third-order valence-electron chi connectivity index (χ3n) is 3.26. The van der Waals surface area contributed by atoms with Gasteiger partial charge in [0.05, 0.1) is 17.3 Å². The number of hydrogen-bond acceptors (Lipinski definition) is 5. The second kappa shape index (κ2) is 8.29. The number of ether oxygens (including phenoxy) is 1. The van der Waals surface area contributed by atoms with Gasteiger partial charge in [0.15, 0.2) is 5.13 Å². The maximum atomic E-state index is 12.0. The maximum absolute atomic E-state index is 12.0. The lowest BCUT2D eigenvalue weighted by molar-refractivity contribution is -0.117. The molecular weight excluding hydrogens is 334 g/mol. The molecule has 0 saturated heterocycles. The van der Waals surface area contributed by atoms with Crippen LogP contribution in [0.15, 0.2) is 24.3 Å². The number of anilines is 1. The van der Waals surface area contributed by atoms with Crippen LogP contribution in [0.1, 0.15) is 10.6 Å². The Balaban J connectivity index is 1.72. The second-order valence-corrected chi connectivity index (χ2v) is 6.84. The number of likely N-dealkylation sites (N-methyl/N-ethyl adjacent to an activating group) is 1. The van der Waals surface area contributed by atoms with Gasteiger partial charge in [-0.15, -0.1) is 11.3 Å². The average molecular weight is 354 g/mol. The minimum atomic E-state index is -0.0843. The molecule has 0 fully saturated rings. The van der Waals surface area contributed by atoms with Crippen molar-refractivity contribution in [1.29, 1.82) is 0 Å². The standard InChI is InChI=1S/C16H20ClN3O2S/c1-11-12(2)23-16(18-11)19-15(21)10-20(3)8-9-22-14-7-5-4-6-13(14)17/h4-7H,8-10H2,1-3H3,(H,18,19,21). The van der Waals surface area contributed by atoms with Crippen LogP contribution in [0, 0.1) is 13.8 Å². The zero-order valence-corrected chi connectivity index (χ0v) is 15.0. The van der Waals surface area contributed by atoms with Crippen LogP contribution in [0.2, 0.25) is 5.02 Å². The number of carbonyl (C=O) groups excluding carboxylic acids is 1. The summed E-state index contributed by atoms with van der Waals surface area (Å²) >= 11 is 7.51. The molecule has 23 heavy (non-hydrogen) atoms. The van der Waals surface area contributed by atoms with Crippen LogP contribution < -0.4 is 10.1 Å². The number of hydrogen-bond donors (Lipinski definition) is 1. The molecule has 0 aliphatic carbocycles. The minimum absolute atomic E-state index is 0.0843. The summed E-state index contributed by atoms with van der Waals surface area (Å²) in [5, 5.41) is 4.05. The first-order chi connectivity index (χ1) is 11.0. The van der Waals surface area contributed by atoms with E-state index in [2.05, 4.69) is 10.3 Å². The first-order valence-electron chi connectivity index (χ1n) is 7.25. The largest absolute Gasteiger partial charge is 0.491 e. The van der Waals surface area contributed by atoms with Crippen molar-refractivity contribution in [1.82, 2.24) is 9.88 Å². The number of nitrogens with one attached hydrogen (secondary N) is 1. The van der Waals surface area contributed by atoms with Gasteiger partial charge < -0.3 is 10.1 Å². The van der Waals surface area contributed by atoms with Gasteiger partial charge in [-0.05, 0) is 33.0 Å². The third-order valence-corrected chi connectivity index (χ3v) is 4.56. The molecule has 0 saturated carbocycles. The Morgan fingerprint density at radius 2 is 2.13 bits per heavy atom. The number of nitrogens with zero attached hydrogens (tertiary/aromatic N) is 2. The fraction of sp³-hybridized carbons (Fsp3) is 0.375. The van der Waals surface area contributed by atoms with E-state index >= 15 is 0 Å². The van der Waals surface area contributed by atoms with Crippen LogP contribution in [-0.4, -0.2) is 42.5 Å². The number of aromatic nitrogens is 1. The van der Waals surface area contributed by atoms with Crippen LogP contribution in [0.5, 0.6) is 5.75 Å². The van der Waals surface area contributed by atoms with Crippen molar-refractivity contribution in [3.63, 3.8) is 0 Å². The molecule has 0 aliphatic heterocycles. The van der Waals surface area contributed by atoms with E-state index in [4.69, 9.17) is 16.3 Å². The van der Waals surface area contributed by atoms with E-state index in [0.29, 0.717) is 29.1 Å². The molecule has 2 rings (SSSR count). The van der Waals surface area contributed by atoms with Crippen LogP contribution in [-0.2, 0) is 4.79 Å². The molecule has 0 atom stereocenters. The Kier molecular flexibility index (Phi) is 6.38. The summed E-state index contributed by atoms with van der Waals surface area (Å²) in [5.74, 6) is 0.569. The van der Waals surface area contributed by atoms with E-state index in [0.717, 1.165) is 10.6 Å². The molecule has 1 aromatic carbocycles. The highest BCUT2D eigenvalue weighted by atomic mass is 35.5. The summed E-state index contributed by atoms with van der Waals surface area (Å²) in [6, 6.07) is 7.33. The van der Waals surface area contributed by atoms with Crippen molar-refractivity contribution in [3.05, 3.63) is 39.9 Å². The molecule has 5 nitrogen and oxygen atoms in total. The summed E-state index contributed by atoms with van der Waals surface area (Å²) < 4.78 is 5.61. The SMILES string of the molecule is Cc1nc(NC(=O)CN(C)CCOc2ccccc2Cl)sc1C. The summed E-state index contributed by atoms with van der Waals surface area (Å²) in [4.78, 5) is 19.3. The Hall–Kier alpha value is -1.63. The number of halogens is 1. The van der Waals surface area contributed by atoms with Crippen molar-refractivity contribution in [2.24, 2.45) is 0 Å². The number of aryl methyl sites for hydroxylation is 2. The highest BCUT2D eigenvalue weighted by Gasteiger charge is 2.10. The Morgan fingerprint density at radius 1 is 1.39 bits per heavy atom. The number of para-hydroxylation sites is 1. The molecule has 7 heteroatoms. The Labute approximate surface area is 145 Å². The van der Waals surface area contributed by atoms with Crippen molar-refractivity contribution >= 4 is 34.0 Å². The van der Waals surface area contributed by atoms with Gasteiger partial charge in [0.2, 0.25) is 5.91 Å². The molecule has 1 N–H and O–H groups in total. The molecule has 1 amide bonds. The number of carbonyl (C=O) groups is 1. The normalized spacial score (nSPS) is 10.8. The quantitative estimate of drug-likeness (QED) is 0.829. The average Bonchev–Trinajstić information content (AvgIpc) is 2.79. The number of rotatable bonds is 7. The first-order valence-corrected chi connectivity index (χ1v) is 8.45. The van der Waals surface area contributed by atoms with Crippen LogP contribution in [0.3, 0.4) is 0 Å². The lowest BCUT2D eigenvalue weighted by Gasteiger charge is -2.16. The fourth-order valence-electron chi connectivity index (χ4n) is 1.88. The van der Waals surface area contributed by atoms with E-state index in [1.807, 2.05) is 44.0 Å². The number of thiazole rings is 1. The summed E-state index contributed by atoms with van der Waals surface area (Å²) in [7, 11) is 1.87. The second-order valence-electron chi connectivity index (χ2n) is 5.23. The Morgan fingerprint density at radius 3 is 2.78 bits per heavy atom. The van der Waals surface area contributed by atoms with E-state index in [1.54, 1.807) is 6.07 Å². The lowest BCUT2D eigenvalue weighted by Crippen LogP contribution is -2.33. The van der Waals surface area contributed by atoms with Crippen LogP contribution >= 0.6 is 22.9 Å². The molecule has 2 aromatic rings. The molecule has 0 bridgehead atoms. The van der Waals surface area contributed by atoms with Gasteiger partial charge in [0, 0.05) is 11.4 Å². The molecule has 0 radical (unpaired) electrons. The maximum Gasteiger partial charge on any atom is 0.240 e. The molecular formula is C16H20ClN3O2S. The highest BCUT2D eigenvalue weighted by molar-refractivity contribution is 7.15. The number of benzene rings is 1. The van der Waals surface area contributed by atoms with E-state index < -0.39 is 0 Å². The van der Waals surface area contributed by atoms with Gasteiger partial charge in [-0.1, -0.05) is 23.7 Å². The monoisotopic (exact) mass is 353 g/mol. The van der Waals surface area contributed by atoms with Crippen molar-refractivity contribution < 1.29 is 9.53 Å². The van der Waals surface area contributed by atoms with E-state index in [9.17, 15) is 4.79 Å². The molecule has 0 aliphatic rings. The molecule has 1 heterocycles. The van der Waals surface area contributed by atoms with Crippen molar-refractivity contribution in [2.75, 3.05) is 32.1 Å². The zero-order valence-electron chi connectivity index (χ0n) is 13.4. The highest BCUT2D eigenvalue weighted by Crippen LogP contribution is 2.23. The Bertz CT molecular complexity index is 656. The van der Waals surface area contributed by atoms with Gasteiger partial charge in [-0.25, -0.2) is 4.98 Å².